The normalized spacial score (nSPS) is 21.0. The van der Waals surface area contributed by atoms with Crippen molar-refractivity contribution in [2.45, 2.75) is 31.9 Å². The molecular formula is C19H25Cl2F2N5O2. The molecule has 1 aromatic carbocycles. The molecule has 7 nitrogen and oxygen atoms in total. The minimum atomic E-state index is -2.80. The minimum absolute atomic E-state index is 0. The number of piperazine rings is 1. The van der Waals surface area contributed by atoms with Crippen molar-refractivity contribution in [2.75, 3.05) is 32.7 Å². The Hall–Kier alpha value is -1.81. The van der Waals surface area contributed by atoms with Crippen LogP contribution in [-0.2, 0) is 11.3 Å². The zero-order chi connectivity index (χ0) is 19.7. The summed E-state index contributed by atoms with van der Waals surface area (Å²) in [6, 6.07) is 7.12. The molecule has 4 rings (SSSR count). The van der Waals surface area contributed by atoms with Gasteiger partial charge in [0.25, 0.3) is 5.92 Å². The second-order valence-electron chi connectivity index (χ2n) is 7.47. The highest BCUT2D eigenvalue weighted by Crippen LogP contribution is 2.26. The standard InChI is InChI=1S/C19H23F2N5O2.2ClH/c1-13-2-4-14(5-3-13)17-23-16(28-24-17)11-25-6-8-26(9-7-25)18(27)15-10-19(20,21)12-22-15;;/h2-5,15,22H,6-12H2,1H3;2*1H. The zero-order valence-corrected chi connectivity index (χ0v) is 18.1. The summed E-state index contributed by atoms with van der Waals surface area (Å²) in [5.41, 5.74) is 2.06. The Balaban J connectivity index is 0.00000160. The van der Waals surface area contributed by atoms with E-state index in [0.29, 0.717) is 44.4 Å². The van der Waals surface area contributed by atoms with Crippen LogP contribution < -0.4 is 5.32 Å². The molecule has 2 aliphatic heterocycles. The van der Waals surface area contributed by atoms with E-state index >= 15 is 0 Å². The van der Waals surface area contributed by atoms with Crippen molar-refractivity contribution < 1.29 is 18.1 Å². The Labute approximate surface area is 186 Å². The van der Waals surface area contributed by atoms with E-state index in [1.165, 1.54) is 0 Å². The lowest BCUT2D eigenvalue weighted by Gasteiger charge is -2.35. The molecular weight excluding hydrogens is 439 g/mol. The lowest BCUT2D eigenvalue weighted by molar-refractivity contribution is -0.135. The number of halogens is 4. The van der Waals surface area contributed by atoms with Gasteiger partial charge in [-0.25, -0.2) is 8.78 Å². The number of carbonyl (C=O) groups excluding carboxylic acids is 1. The van der Waals surface area contributed by atoms with Crippen LogP contribution in [0.25, 0.3) is 11.4 Å². The van der Waals surface area contributed by atoms with Crippen LogP contribution in [0.4, 0.5) is 8.78 Å². The maximum atomic E-state index is 13.3. The number of amides is 1. The van der Waals surface area contributed by atoms with Crippen LogP contribution in [0.5, 0.6) is 0 Å². The number of nitrogens with one attached hydrogen (secondary N) is 1. The number of alkyl halides is 2. The van der Waals surface area contributed by atoms with Gasteiger partial charge < -0.3 is 9.42 Å². The van der Waals surface area contributed by atoms with Crippen LogP contribution in [-0.4, -0.2) is 70.5 Å². The predicted octanol–water partition coefficient (Wildman–Crippen LogP) is 2.53. The van der Waals surface area contributed by atoms with E-state index in [4.69, 9.17) is 4.52 Å². The van der Waals surface area contributed by atoms with Gasteiger partial charge >= 0.3 is 0 Å². The van der Waals surface area contributed by atoms with E-state index in [0.717, 1.165) is 11.1 Å². The molecule has 2 aliphatic rings. The van der Waals surface area contributed by atoms with Crippen LogP contribution >= 0.6 is 24.8 Å². The molecule has 0 aliphatic carbocycles. The van der Waals surface area contributed by atoms with Gasteiger partial charge in [-0.3, -0.25) is 15.0 Å². The number of benzene rings is 1. The monoisotopic (exact) mass is 463 g/mol. The van der Waals surface area contributed by atoms with Gasteiger partial charge in [0.2, 0.25) is 17.6 Å². The van der Waals surface area contributed by atoms with Gasteiger partial charge in [0, 0.05) is 38.2 Å². The fraction of sp³-hybridized carbons (Fsp3) is 0.526. The maximum absolute atomic E-state index is 13.3. The van der Waals surface area contributed by atoms with Crippen molar-refractivity contribution in [1.82, 2.24) is 25.3 Å². The molecule has 166 valence electrons. The highest BCUT2D eigenvalue weighted by molar-refractivity contribution is 5.85. The van der Waals surface area contributed by atoms with Gasteiger partial charge in [0.05, 0.1) is 19.1 Å². The fourth-order valence-electron chi connectivity index (χ4n) is 3.57. The number of hydrogen-bond acceptors (Lipinski definition) is 6. The Kier molecular flexibility index (Phi) is 8.15. The second kappa shape index (κ2) is 10.00. The first-order valence-corrected chi connectivity index (χ1v) is 9.42. The molecule has 2 aromatic rings. The van der Waals surface area contributed by atoms with Crippen molar-refractivity contribution in [3.05, 3.63) is 35.7 Å². The van der Waals surface area contributed by atoms with Crippen molar-refractivity contribution in [3.8, 4) is 11.4 Å². The molecule has 0 radical (unpaired) electrons. The van der Waals surface area contributed by atoms with E-state index < -0.39 is 24.9 Å². The van der Waals surface area contributed by atoms with Crippen LogP contribution in [0.2, 0.25) is 0 Å². The first-order chi connectivity index (χ1) is 13.4. The van der Waals surface area contributed by atoms with Gasteiger partial charge in [-0.15, -0.1) is 24.8 Å². The summed E-state index contributed by atoms with van der Waals surface area (Å²) in [4.78, 5) is 20.6. The zero-order valence-electron chi connectivity index (χ0n) is 16.5. The van der Waals surface area contributed by atoms with Gasteiger partial charge in [-0.05, 0) is 6.92 Å². The summed E-state index contributed by atoms with van der Waals surface area (Å²) in [5, 5.41) is 6.66. The van der Waals surface area contributed by atoms with Crippen molar-refractivity contribution in [2.24, 2.45) is 0 Å². The highest BCUT2D eigenvalue weighted by Gasteiger charge is 2.43. The smallest absolute Gasteiger partial charge is 0.262 e. The van der Waals surface area contributed by atoms with Gasteiger partial charge in [0.15, 0.2) is 0 Å². The predicted molar refractivity (Wildman–Crippen MR) is 112 cm³/mol. The number of nitrogens with zero attached hydrogens (tertiary/aromatic N) is 4. The SMILES string of the molecule is Cc1ccc(-c2noc(CN3CCN(C(=O)C4CC(F)(F)CN4)CC3)n2)cc1.Cl.Cl. The Morgan fingerprint density at radius 1 is 1.20 bits per heavy atom. The summed E-state index contributed by atoms with van der Waals surface area (Å²) in [6.07, 6.45) is -0.421. The average Bonchev–Trinajstić information content (AvgIpc) is 3.29. The number of carbonyl (C=O) groups is 1. The second-order valence-corrected chi connectivity index (χ2v) is 7.47. The minimum Gasteiger partial charge on any atom is -0.339 e. The topological polar surface area (TPSA) is 74.5 Å². The Morgan fingerprint density at radius 3 is 2.47 bits per heavy atom. The third-order valence-corrected chi connectivity index (χ3v) is 5.23. The van der Waals surface area contributed by atoms with Crippen molar-refractivity contribution in [1.29, 1.82) is 0 Å². The fourth-order valence-corrected chi connectivity index (χ4v) is 3.57. The van der Waals surface area contributed by atoms with Crippen LogP contribution in [0.1, 0.15) is 17.9 Å². The highest BCUT2D eigenvalue weighted by atomic mass is 35.5. The Morgan fingerprint density at radius 2 is 1.87 bits per heavy atom. The van der Waals surface area contributed by atoms with Gasteiger partial charge in [0.1, 0.15) is 0 Å². The summed E-state index contributed by atoms with van der Waals surface area (Å²) >= 11 is 0. The van der Waals surface area contributed by atoms with Gasteiger partial charge in [-0.2, -0.15) is 4.98 Å². The summed E-state index contributed by atoms with van der Waals surface area (Å²) in [7, 11) is 0. The molecule has 30 heavy (non-hydrogen) atoms. The van der Waals surface area contributed by atoms with Crippen LogP contribution in [0, 0.1) is 6.92 Å². The largest absolute Gasteiger partial charge is 0.339 e. The van der Waals surface area contributed by atoms with E-state index in [2.05, 4.69) is 20.4 Å². The molecule has 2 saturated heterocycles. The third-order valence-electron chi connectivity index (χ3n) is 5.23. The van der Waals surface area contributed by atoms with E-state index in [1.807, 2.05) is 31.2 Å². The molecule has 11 heteroatoms. The molecule has 3 heterocycles. The van der Waals surface area contributed by atoms with Gasteiger partial charge in [-0.1, -0.05) is 35.0 Å². The number of aromatic nitrogens is 2. The maximum Gasteiger partial charge on any atom is 0.262 e. The first kappa shape index (κ1) is 24.5. The molecule has 1 N–H and O–H groups in total. The lowest BCUT2D eigenvalue weighted by atomic mass is 10.1. The van der Waals surface area contributed by atoms with E-state index in [1.54, 1.807) is 4.90 Å². The summed E-state index contributed by atoms with van der Waals surface area (Å²) in [6.45, 7) is 4.37. The lowest BCUT2D eigenvalue weighted by Crippen LogP contribution is -2.52. The van der Waals surface area contributed by atoms with Crippen molar-refractivity contribution >= 4 is 30.7 Å². The van der Waals surface area contributed by atoms with Crippen LogP contribution in [0.3, 0.4) is 0 Å². The quantitative estimate of drug-likeness (QED) is 0.750. The molecule has 1 amide bonds. The Bertz CT molecular complexity index is 842. The number of aryl methyl sites for hydroxylation is 1. The molecule has 1 aromatic heterocycles. The first-order valence-electron chi connectivity index (χ1n) is 9.42. The summed E-state index contributed by atoms with van der Waals surface area (Å²) in [5.74, 6) is -1.96. The molecule has 1 unspecified atom stereocenters. The third kappa shape index (κ3) is 5.66. The van der Waals surface area contributed by atoms with Crippen LogP contribution in [0.15, 0.2) is 28.8 Å². The molecule has 0 bridgehead atoms. The average molecular weight is 464 g/mol. The summed E-state index contributed by atoms with van der Waals surface area (Å²) < 4.78 is 32.0. The van der Waals surface area contributed by atoms with Crippen molar-refractivity contribution in [3.63, 3.8) is 0 Å². The van der Waals surface area contributed by atoms with E-state index in [-0.39, 0.29) is 30.7 Å². The molecule has 0 spiro atoms. The van der Waals surface area contributed by atoms with E-state index in [9.17, 15) is 13.6 Å². The molecule has 2 fully saturated rings. The molecule has 0 saturated carbocycles. The number of rotatable bonds is 4. The molecule has 1 atom stereocenters. The number of hydrogen-bond donors (Lipinski definition) is 1.